The van der Waals surface area contributed by atoms with Crippen molar-refractivity contribution >= 4 is 17.8 Å². The van der Waals surface area contributed by atoms with Crippen LogP contribution < -0.4 is 5.32 Å². The van der Waals surface area contributed by atoms with Gasteiger partial charge < -0.3 is 15.0 Å². The second-order valence-corrected chi connectivity index (χ2v) is 7.82. The first-order valence-corrected chi connectivity index (χ1v) is 9.51. The van der Waals surface area contributed by atoms with Gasteiger partial charge in [-0.05, 0) is 44.0 Å². The Morgan fingerprint density at radius 2 is 1.55 bits per heavy atom. The third-order valence-corrected chi connectivity index (χ3v) is 4.35. The highest BCUT2D eigenvalue weighted by molar-refractivity contribution is 5.91. The molecule has 0 aromatic heterocycles. The Bertz CT molecular complexity index is 839. The second-order valence-electron chi connectivity index (χ2n) is 7.82. The summed E-state index contributed by atoms with van der Waals surface area (Å²) in [4.78, 5) is 37.7. The molecule has 0 saturated heterocycles. The molecule has 0 radical (unpaired) electrons. The van der Waals surface area contributed by atoms with Crippen LogP contribution in [0.15, 0.2) is 54.6 Å². The molecule has 6 heteroatoms. The number of carbonyl (C=O) groups is 3. The van der Waals surface area contributed by atoms with Crippen LogP contribution in [-0.2, 0) is 27.4 Å². The minimum absolute atomic E-state index is 0.120. The van der Waals surface area contributed by atoms with E-state index in [9.17, 15) is 14.4 Å². The number of hydrogen-bond acceptors (Lipinski definition) is 4. The van der Waals surface area contributed by atoms with Crippen LogP contribution in [0.3, 0.4) is 0 Å². The Kier molecular flexibility index (Phi) is 7.53. The monoisotopic (exact) mass is 396 g/mol. The zero-order chi connectivity index (χ0) is 21.4. The van der Waals surface area contributed by atoms with Crippen molar-refractivity contribution in [3.05, 3.63) is 71.3 Å². The van der Waals surface area contributed by atoms with Gasteiger partial charge in [-0.3, -0.25) is 9.59 Å². The number of rotatable bonds is 7. The van der Waals surface area contributed by atoms with Crippen LogP contribution in [0.2, 0.25) is 0 Å². The first-order valence-electron chi connectivity index (χ1n) is 9.51. The molecule has 2 aromatic carbocycles. The van der Waals surface area contributed by atoms with Crippen LogP contribution >= 0.6 is 0 Å². The van der Waals surface area contributed by atoms with Gasteiger partial charge >= 0.3 is 5.97 Å². The van der Waals surface area contributed by atoms with Crippen molar-refractivity contribution in [1.29, 1.82) is 0 Å². The average Bonchev–Trinajstić information content (AvgIpc) is 2.68. The van der Waals surface area contributed by atoms with E-state index in [-0.39, 0.29) is 18.4 Å². The molecular weight excluding hydrogens is 368 g/mol. The summed E-state index contributed by atoms with van der Waals surface area (Å²) >= 11 is 0. The van der Waals surface area contributed by atoms with Gasteiger partial charge in [-0.25, -0.2) is 4.79 Å². The molecule has 0 saturated carbocycles. The lowest BCUT2D eigenvalue weighted by Crippen LogP contribution is -2.46. The Morgan fingerprint density at radius 1 is 0.931 bits per heavy atom. The van der Waals surface area contributed by atoms with Crippen molar-refractivity contribution in [2.75, 3.05) is 6.61 Å². The molecule has 2 amide bonds. The van der Waals surface area contributed by atoms with Crippen LogP contribution in [0.25, 0.3) is 0 Å². The quantitative estimate of drug-likeness (QED) is 0.729. The van der Waals surface area contributed by atoms with Gasteiger partial charge in [0.05, 0.1) is 5.56 Å². The lowest BCUT2D eigenvalue weighted by molar-refractivity contribution is -0.140. The fourth-order valence-electron chi connectivity index (χ4n) is 2.74. The summed E-state index contributed by atoms with van der Waals surface area (Å²) in [5, 5.41) is 2.69. The first kappa shape index (κ1) is 22.1. The van der Waals surface area contributed by atoms with E-state index in [1.165, 1.54) is 6.92 Å². The lowest BCUT2D eigenvalue weighted by Gasteiger charge is -2.35. The molecule has 0 unspecified atom stereocenters. The molecule has 0 bridgehead atoms. The molecule has 6 nitrogen and oxygen atoms in total. The van der Waals surface area contributed by atoms with E-state index in [0.717, 1.165) is 11.1 Å². The molecule has 0 aliphatic rings. The van der Waals surface area contributed by atoms with Crippen LogP contribution in [-0.4, -0.2) is 34.8 Å². The van der Waals surface area contributed by atoms with Gasteiger partial charge in [-0.2, -0.15) is 0 Å². The Hall–Kier alpha value is -3.15. The van der Waals surface area contributed by atoms with E-state index < -0.39 is 11.5 Å². The molecule has 154 valence electrons. The number of benzene rings is 2. The summed E-state index contributed by atoms with van der Waals surface area (Å²) in [6.07, 6.45) is 0. The van der Waals surface area contributed by atoms with Crippen molar-refractivity contribution in [2.24, 2.45) is 0 Å². The number of hydrogen-bond donors (Lipinski definition) is 1. The summed E-state index contributed by atoms with van der Waals surface area (Å²) in [5.74, 6) is -0.930. The Labute approximate surface area is 171 Å². The minimum Gasteiger partial charge on any atom is -0.452 e. The number of nitrogens with one attached hydrogen (secondary N) is 1. The van der Waals surface area contributed by atoms with Crippen LogP contribution in [0.1, 0.15) is 49.2 Å². The minimum atomic E-state index is -0.557. The van der Waals surface area contributed by atoms with E-state index in [1.807, 2.05) is 51.1 Å². The van der Waals surface area contributed by atoms with E-state index in [2.05, 4.69) is 5.32 Å². The van der Waals surface area contributed by atoms with Crippen molar-refractivity contribution in [3.63, 3.8) is 0 Å². The normalized spacial score (nSPS) is 10.9. The third-order valence-electron chi connectivity index (χ3n) is 4.35. The fourth-order valence-corrected chi connectivity index (χ4v) is 2.74. The molecule has 0 fully saturated rings. The van der Waals surface area contributed by atoms with Gasteiger partial charge in [0.1, 0.15) is 0 Å². The molecule has 0 heterocycles. The van der Waals surface area contributed by atoms with Gasteiger partial charge in [0, 0.05) is 25.6 Å². The van der Waals surface area contributed by atoms with E-state index in [1.54, 1.807) is 29.2 Å². The summed E-state index contributed by atoms with van der Waals surface area (Å²) < 4.78 is 5.24. The maximum Gasteiger partial charge on any atom is 0.338 e. The van der Waals surface area contributed by atoms with Gasteiger partial charge in [-0.15, -0.1) is 0 Å². The van der Waals surface area contributed by atoms with Crippen molar-refractivity contribution in [2.45, 2.75) is 46.3 Å². The fraction of sp³-hybridized carbons (Fsp3) is 0.348. The highest BCUT2D eigenvalue weighted by Gasteiger charge is 2.27. The molecule has 0 atom stereocenters. The van der Waals surface area contributed by atoms with Gasteiger partial charge in [0.25, 0.3) is 5.91 Å². The molecule has 2 rings (SSSR count). The second kappa shape index (κ2) is 9.87. The standard InChI is InChI=1S/C23H28N2O4/c1-17(26)24-14-18-10-12-20(13-11-18)22(28)29-16-21(27)25(23(2,3)4)15-19-8-6-5-7-9-19/h5-13H,14-16H2,1-4H3,(H,24,26). The molecule has 0 spiro atoms. The van der Waals surface area contributed by atoms with Crippen LogP contribution in [0.5, 0.6) is 0 Å². The first-order chi connectivity index (χ1) is 13.7. The van der Waals surface area contributed by atoms with Crippen molar-refractivity contribution in [1.82, 2.24) is 10.2 Å². The number of carbonyl (C=O) groups excluding carboxylic acids is 3. The topological polar surface area (TPSA) is 75.7 Å². The van der Waals surface area contributed by atoms with Gasteiger partial charge in [-0.1, -0.05) is 42.5 Å². The summed E-state index contributed by atoms with van der Waals surface area (Å²) in [6.45, 7) is 7.80. The number of nitrogens with zero attached hydrogens (tertiary/aromatic N) is 1. The van der Waals surface area contributed by atoms with E-state index >= 15 is 0 Å². The van der Waals surface area contributed by atoms with Crippen molar-refractivity contribution in [3.8, 4) is 0 Å². The predicted molar refractivity (Wildman–Crippen MR) is 111 cm³/mol. The molecule has 29 heavy (non-hydrogen) atoms. The predicted octanol–water partition coefficient (Wildman–Crippen LogP) is 3.31. The van der Waals surface area contributed by atoms with Crippen LogP contribution in [0, 0.1) is 0 Å². The lowest BCUT2D eigenvalue weighted by atomic mass is 10.0. The molecular formula is C23H28N2O4. The summed E-state index contributed by atoms with van der Waals surface area (Å²) in [6, 6.07) is 16.4. The summed E-state index contributed by atoms with van der Waals surface area (Å²) in [7, 11) is 0. The Balaban J connectivity index is 1.96. The highest BCUT2D eigenvalue weighted by atomic mass is 16.5. The molecule has 1 N–H and O–H groups in total. The van der Waals surface area contributed by atoms with Gasteiger partial charge in [0.2, 0.25) is 5.91 Å². The van der Waals surface area contributed by atoms with E-state index in [0.29, 0.717) is 18.7 Å². The molecule has 0 aliphatic carbocycles. The van der Waals surface area contributed by atoms with Crippen molar-refractivity contribution < 1.29 is 19.1 Å². The largest absolute Gasteiger partial charge is 0.452 e. The van der Waals surface area contributed by atoms with Crippen LogP contribution in [0.4, 0.5) is 0 Å². The Morgan fingerprint density at radius 3 is 2.10 bits per heavy atom. The molecule has 2 aromatic rings. The van der Waals surface area contributed by atoms with Gasteiger partial charge in [0.15, 0.2) is 6.61 Å². The third kappa shape index (κ3) is 7.07. The maximum absolute atomic E-state index is 12.7. The zero-order valence-corrected chi connectivity index (χ0v) is 17.4. The SMILES string of the molecule is CC(=O)NCc1ccc(C(=O)OCC(=O)N(Cc2ccccc2)C(C)(C)C)cc1. The number of esters is 1. The highest BCUT2D eigenvalue weighted by Crippen LogP contribution is 2.18. The molecule has 0 aliphatic heterocycles. The smallest absolute Gasteiger partial charge is 0.338 e. The van der Waals surface area contributed by atoms with E-state index in [4.69, 9.17) is 4.74 Å². The number of ether oxygens (including phenoxy) is 1. The maximum atomic E-state index is 12.7. The number of amides is 2. The average molecular weight is 396 g/mol. The zero-order valence-electron chi connectivity index (χ0n) is 17.4. The summed E-state index contributed by atoms with van der Waals surface area (Å²) in [5.41, 5.74) is 1.83.